The Morgan fingerprint density at radius 1 is 0.829 bits per heavy atom. The zero-order chi connectivity index (χ0) is 24.9. The van der Waals surface area contributed by atoms with Gasteiger partial charge in [-0.15, -0.1) is 0 Å². The maximum absolute atomic E-state index is 13.7. The predicted molar refractivity (Wildman–Crippen MR) is 123 cm³/mol. The number of carbonyl (C=O) groups is 2. The van der Waals surface area contributed by atoms with Crippen molar-refractivity contribution >= 4 is 34.6 Å². The molecule has 3 aromatic rings. The summed E-state index contributed by atoms with van der Waals surface area (Å²) in [4.78, 5) is 55.7. The van der Waals surface area contributed by atoms with E-state index < -0.39 is 45.4 Å². The van der Waals surface area contributed by atoms with Crippen molar-refractivity contribution in [2.75, 3.05) is 9.96 Å². The normalized spacial score (nSPS) is 21.3. The van der Waals surface area contributed by atoms with Crippen molar-refractivity contribution in [3.8, 4) is 0 Å². The number of benzene rings is 3. The standard InChI is InChI=1S/C24H18N4O7/c1-14-7-2-3-10-17(14)26-21(15-8-6-9-16(13-15)27(31)32)20-22(35-26)24(30)25(23(20)29)18-11-4-5-12-19(18)28(33)34/h2-13,20-22H,1H3. The molecule has 3 aromatic carbocycles. The second-order valence-electron chi connectivity index (χ2n) is 8.22. The van der Waals surface area contributed by atoms with Crippen LogP contribution in [0.5, 0.6) is 0 Å². The topological polar surface area (TPSA) is 136 Å². The van der Waals surface area contributed by atoms with Crippen LogP contribution in [0.4, 0.5) is 22.7 Å². The molecule has 0 radical (unpaired) electrons. The highest BCUT2D eigenvalue weighted by molar-refractivity contribution is 6.24. The minimum atomic E-state index is -1.26. The van der Waals surface area contributed by atoms with E-state index in [1.54, 1.807) is 18.2 Å². The molecular formula is C24H18N4O7. The molecule has 35 heavy (non-hydrogen) atoms. The van der Waals surface area contributed by atoms with Crippen molar-refractivity contribution < 1.29 is 24.3 Å². The quantitative estimate of drug-likeness (QED) is 0.309. The lowest BCUT2D eigenvalue weighted by atomic mass is 9.90. The summed E-state index contributed by atoms with van der Waals surface area (Å²) in [6.45, 7) is 1.83. The van der Waals surface area contributed by atoms with Crippen molar-refractivity contribution in [3.05, 3.63) is 104 Å². The molecule has 0 aromatic heterocycles. The van der Waals surface area contributed by atoms with E-state index in [1.165, 1.54) is 47.5 Å². The van der Waals surface area contributed by atoms with Crippen LogP contribution in [-0.2, 0) is 14.4 Å². The third-order valence-corrected chi connectivity index (χ3v) is 6.21. The van der Waals surface area contributed by atoms with Crippen LogP contribution in [0.2, 0.25) is 0 Å². The molecule has 0 N–H and O–H groups in total. The molecule has 0 bridgehead atoms. The summed E-state index contributed by atoms with van der Waals surface area (Å²) >= 11 is 0. The van der Waals surface area contributed by atoms with Gasteiger partial charge in [0, 0.05) is 18.2 Å². The minimum absolute atomic E-state index is 0.147. The fourth-order valence-electron chi connectivity index (χ4n) is 4.64. The summed E-state index contributed by atoms with van der Waals surface area (Å²) in [5, 5.41) is 24.4. The SMILES string of the molecule is Cc1ccccc1N1OC2C(=O)N(c3ccccc3[N+](=O)[O-])C(=O)C2C1c1cccc([N+](=O)[O-])c1. The van der Waals surface area contributed by atoms with Crippen LogP contribution in [0.15, 0.2) is 72.8 Å². The third kappa shape index (κ3) is 3.49. The van der Waals surface area contributed by atoms with Crippen molar-refractivity contribution in [1.82, 2.24) is 0 Å². The van der Waals surface area contributed by atoms with Gasteiger partial charge in [0.05, 0.1) is 21.6 Å². The minimum Gasteiger partial charge on any atom is -0.273 e. The van der Waals surface area contributed by atoms with Crippen LogP contribution < -0.4 is 9.96 Å². The highest BCUT2D eigenvalue weighted by Gasteiger charge is 2.61. The molecule has 11 nitrogen and oxygen atoms in total. The Morgan fingerprint density at radius 2 is 1.51 bits per heavy atom. The molecule has 5 rings (SSSR count). The van der Waals surface area contributed by atoms with E-state index in [9.17, 15) is 29.8 Å². The Balaban J connectivity index is 1.64. The van der Waals surface area contributed by atoms with E-state index in [1.807, 2.05) is 19.1 Å². The second kappa shape index (κ2) is 8.29. The summed E-state index contributed by atoms with van der Waals surface area (Å²) in [5.74, 6) is -2.49. The highest BCUT2D eigenvalue weighted by Crippen LogP contribution is 2.49. The Kier molecular flexibility index (Phi) is 5.25. The molecule has 2 fully saturated rings. The number of hydrogen-bond donors (Lipinski definition) is 0. The Bertz CT molecular complexity index is 1390. The predicted octanol–water partition coefficient (Wildman–Crippen LogP) is 3.86. The molecule has 0 aliphatic carbocycles. The first-order chi connectivity index (χ1) is 16.8. The van der Waals surface area contributed by atoms with Crippen LogP contribution in [0.3, 0.4) is 0 Å². The number of aryl methyl sites for hydroxylation is 1. The molecule has 2 amide bonds. The number of nitrogens with zero attached hydrogens (tertiary/aromatic N) is 4. The summed E-state index contributed by atoms with van der Waals surface area (Å²) in [6, 6.07) is 17.6. The lowest BCUT2D eigenvalue weighted by Crippen LogP contribution is -2.37. The largest absolute Gasteiger partial charge is 0.293 e. The van der Waals surface area contributed by atoms with Crippen molar-refractivity contribution in [2.45, 2.75) is 19.1 Å². The first-order valence-corrected chi connectivity index (χ1v) is 10.7. The van der Waals surface area contributed by atoms with Gasteiger partial charge in [0.1, 0.15) is 11.6 Å². The molecule has 2 heterocycles. The molecule has 2 saturated heterocycles. The lowest BCUT2D eigenvalue weighted by molar-refractivity contribution is -0.385. The van der Waals surface area contributed by atoms with Gasteiger partial charge in [-0.3, -0.25) is 34.7 Å². The average molecular weight is 474 g/mol. The van der Waals surface area contributed by atoms with Crippen molar-refractivity contribution in [3.63, 3.8) is 0 Å². The number of amides is 2. The Hall–Kier alpha value is -4.64. The van der Waals surface area contributed by atoms with Gasteiger partial charge in [-0.2, -0.15) is 0 Å². The highest BCUT2D eigenvalue weighted by atomic mass is 16.7. The fraction of sp³-hybridized carbons (Fsp3) is 0.167. The van der Waals surface area contributed by atoms with Crippen LogP contribution in [0.1, 0.15) is 17.2 Å². The number of non-ortho nitro benzene ring substituents is 1. The van der Waals surface area contributed by atoms with E-state index in [2.05, 4.69) is 0 Å². The van der Waals surface area contributed by atoms with E-state index in [0.29, 0.717) is 11.3 Å². The smallest absolute Gasteiger partial charge is 0.273 e. The number of anilines is 2. The van der Waals surface area contributed by atoms with Crippen LogP contribution in [0, 0.1) is 33.1 Å². The van der Waals surface area contributed by atoms with E-state index in [4.69, 9.17) is 4.84 Å². The van der Waals surface area contributed by atoms with Gasteiger partial charge in [0.15, 0.2) is 6.10 Å². The number of imide groups is 1. The number of carbonyl (C=O) groups excluding carboxylic acids is 2. The van der Waals surface area contributed by atoms with Gasteiger partial charge >= 0.3 is 0 Å². The zero-order valence-electron chi connectivity index (χ0n) is 18.3. The number of nitro benzene ring substituents is 2. The third-order valence-electron chi connectivity index (χ3n) is 6.21. The number of fused-ring (bicyclic) bond motifs is 1. The van der Waals surface area contributed by atoms with Gasteiger partial charge in [0.2, 0.25) is 5.91 Å². The summed E-state index contributed by atoms with van der Waals surface area (Å²) in [6.07, 6.45) is -1.26. The van der Waals surface area contributed by atoms with Gasteiger partial charge in [-0.05, 0) is 30.2 Å². The van der Waals surface area contributed by atoms with Gasteiger partial charge in [0.25, 0.3) is 17.3 Å². The van der Waals surface area contributed by atoms with Crippen molar-refractivity contribution in [2.24, 2.45) is 5.92 Å². The number of hydrogen-bond acceptors (Lipinski definition) is 8. The maximum Gasteiger partial charge on any atom is 0.293 e. The number of para-hydroxylation sites is 3. The molecule has 176 valence electrons. The van der Waals surface area contributed by atoms with Crippen LogP contribution in [0.25, 0.3) is 0 Å². The molecule has 3 atom stereocenters. The van der Waals surface area contributed by atoms with Gasteiger partial charge < -0.3 is 0 Å². The number of hydroxylamine groups is 1. The number of nitro groups is 2. The fourth-order valence-corrected chi connectivity index (χ4v) is 4.64. The Labute approximate surface area is 198 Å². The summed E-state index contributed by atoms with van der Waals surface area (Å²) in [5.41, 5.74) is 1.08. The summed E-state index contributed by atoms with van der Waals surface area (Å²) in [7, 11) is 0. The maximum atomic E-state index is 13.7. The van der Waals surface area contributed by atoms with E-state index in [-0.39, 0.29) is 11.4 Å². The summed E-state index contributed by atoms with van der Waals surface area (Å²) < 4.78 is 0. The first kappa shape index (κ1) is 22.2. The molecule has 2 aliphatic heterocycles. The molecule has 0 saturated carbocycles. The average Bonchev–Trinajstić information content (AvgIpc) is 3.35. The van der Waals surface area contributed by atoms with E-state index >= 15 is 0 Å². The monoisotopic (exact) mass is 474 g/mol. The molecule has 2 aliphatic rings. The van der Waals surface area contributed by atoms with Crippen LogP contribution >= 0.6 is 0 Å². The van der Waals surface area contributed by atoms with Crippen molar-refractivity contribution in [1.29, 1.82) is 0 Å². The molecule has 0 spiro atoms. The Morgan fingerprint density at radius 3 is 2.20 bits per heavy atom. The van der Waals surface area contributed by atoms with E-state index in [0.717, 1.165) is 10.5 Å². The van der Waals surface area contributed by atoms with Gasteiger partial charge in [-0.1, -0.05) is 42.5 Å². The van der Waals surface area contributed by atoms with Gasteiger partial charge in [-0.25, -0.2) is 9.96 Å². The molecular weight excluding hydrogens is 456 g/mol. The van der Waals surface area contributed by atoms with Crippen LogP contribution in [-0.4, -0.2) is 27.8 Å². The molecule has 3 unspecified atom stereocenters. The second-order valence-corrected chi connectivity index (χ2v) is 8.22. The number of rotatable bonds is 5. The first-order valence-electron chi connectivity index (χ1n) is 10.7. The molecule has 11 heteroatoms. The zero-order valence-corrected chi connectivity index (χ0v) is 18.3. The lowest BCUT2D eigenvalue weighted by Gasteiger charge is -2.29.